The minimum Gasteiger partial charge on any atom is -0.373 e. The lowest BCUT2D eigenvalue weighted by atomic mass is 10.2. The first kappa shape index (κ1) is 13.0. The zero-order valence-electron chi connectivity index (χ0n) is 12.0. The van der Waals surface area contributed by atoms with Crippen LogP contribution in [-0.4, -0.2) is 53.3 Å². The van der Waals surface area contributed by atoms with Crippen LogP contribution in [0.25, 0.3) is 10.9 Å². The van der Waals surface area contributed by atoms with E-state index in [-0.39, 0.29) is 6.10 Å². The molecule has 2 fully saturated rings. The summed E-state index contributed by atoms with van der Waals surface area (Å²) in [6.45, 7) is 3.87. The van der Waals surface area contributed by atoms with Crippen molar-refractivity contribution in [2.45, 2.75) is 25.0 Å². The molecule has 0 amide bonds. The van der Waals surface area contributed by atoms with E-state index in [0.717, 1.165) is 30.6 Å². The summed E-state index contributed by atoms with van der Waals surface area (Å²) in [5.41, 5.74) is 0.971. The monoisotopic (exact) mass is 284 g/mol. The van der Waals surface area contributed by atoms with Crippen molar-refractivity contribution in [2.24, 2.45) is 0 Å². The molecule has 2 aromatic rings. The highest BCUT2D eigenvalue weighted by molar-refractivity contribution is 5.78. The van der Waals surface area contributed by atoms with Crippen LogP contribution in [-0.2, 0) is 4.74 Å². The zero-order valence-corrected chi connectivity index (χ0v) is 12.0. The number of fused-ring (bicyclic) bond motifs is 2. The number of para-hydroxylation sites is 1. The molecule has 0 spiro atoms. The summed E-state index contributed by atoms with van der Waals surface area (Å²) in [7, 11) is 0. The topological polar surface area (TPSA) is 50.3 Å². The van der Waals surface area contributed by atoms with E-state index >= 15 is 0 Å². The molecule has 3 heterocycles. The van der Waals surface area contributed by atoms with Gasteiger partial charge in [-0.15, -0.1) is 0 Å². The lowest BCUT2D eigenvalue weighted by Gasteiger charge is -2.35. The number of aromatic nitrogens is 2. The van der Waals surface area contributed by atoms with Crippen LogP contribution < -0.4 is 5.32 Å². The van der Waals surface area contributed by atoms with Crippen molar-refractivity contribution in [3.63, 3.8) is 0 Å². The summed E-state index contributed by atoms with van der Waals surface area (Å²) in [6.07, 6.45) is 4.69. The van der Waals surface area contributed by atoms with Crippen molar-refractivity contribution < 1.29 is 4.74 Å². The lowest BCUT2D eigenvalue weighted by Crippen LogP contribution is -2.48. The molecule has 0 radical (unpaired) electrons. The van der Waals surface area contributed by atoms with Crippen LogP contribution in [0, 0.1) is 0 Å². The first-order valence-corrected chi connectivity index (χ1v) is 7.70. The van der Waals surface area contributed by atoms with Crippen molar-refractivity contribution in [3.8, 4) is 0 Å². The minimum absolute atomic E-state index is 0.231. The van der Waals surface area contributed by atoms with Crippen LogP contribution in [0.3, 0.4) is 0 Å². The second kappa shape index (κ2) is 5.58. The molecule has 5 nitrogen and oxygen atoms in total. The Morgan fingerprint density at radius 2 is 2.29 bits per heavy atom. The van der Waals surface area contributed by atoms with Crippen LogP contribution in [0.2, 0.25) is 0 Å². The molecule has 4 rings (SSSR count). The fourth-order valence-electron chi connectivity index (χ4n) is 3.27. The summed E-state index contributed by atoms with van der Waals surface area (Å²) >= 11 is 0. The van der Waals surface area contributed by atoms with Gasteiger partial charge in [-0.1, -0.05) is 18.2 Å². The van der Waals surface area contributed by atoms with Crippen molar-refractivity contribution in [2.75, 3.05) is 31.6 Å². The van der Waals surface area contributed by atoms with E-state index in [9.17, 15) is 0 Å². The van der Waals surface area contributed by atoms with Gasteiger partial charge in [0.25, 0.3) is 0 Å². The third-order valence-electron chi connectivity index (χ3n) is 4.44. The Labute approximate surface area is 124 Å². The SMILES string of the molecule is c1ccc2nc(NCC3CN4CCCC4CO3)ncc2c1. The highest BCUT2D eigenvalue weighted by Crippen LogP contribution is 2.22. The second-order valence-corrected chi connectivity index (χ2v) is 5.88. The van der Waals surface area contributed by atoms with Gasteiger partial charge >= 0.3 is 0 Å². The molecule has 0 aliphatic carbocycles. The largest absolute Gasteiger partial charge is 0.373 e. The predicted molar refractivity (Wildman–Crippen MR) is 82.4 cm³/mol. The molecule has 2 unspecified atom stereocenters. The number of nitrogens with zero attached hydrogens (tertiary/aromatic N) is 3. The van der Waals surface area contributed by atoms with Gasteiger partial charge in [0.15, 0.2) is 0 Å². The summed E-state index contributed by atoms with van der Waals surface area (Å²) in [5, 5.41) is 4.38. The first-order chi connectivity index (χ1) is 10.4. The highest BCUT2D eigenvalue weighted by atomic mass is 16.5. The second-order valence-electron chi connectivity index (χ2n) is 5.88. The Hall–Kier alpha value is -1.72. The minimum atomic E-state index is 0.231. The van der Waals surface area contributed by atoms with Crippen LogP contribution in [0.1, 0.15) is 12.8 Å². The maximum Gasteiger partial charge on any atom is 0.223 e. The summed E-state index contributed by atoms with van der Waals surface area (Å²) in [5.74, 6) is 0.681. The summed E-state index contributed by atoms with van der Waals surface area (Å²) in [4.78, 5) is 11.5. The molecule has 21 heavy (non-hydrogen) atoms. The fraction of sp³-hybridized carbons (Fsp3) is 0.500. The third-order valence-corrected chi connectivity index (χ3v) is 4.44. The highest BCUT2D eigenvalue weighted by Gasteiger charge is 2.31. The number of morpholine rings is 1. The molecule has 5 heteroatoms. The standard InChI is InChI=1S/C16H20N4O/c1-2-6-15-12(4-1)8-17-16(19-15)18-9-14-10-20-7-3-5-13(20)11-21-14/h1-2,4,6,8,13-14H,3,5,7,9-11H2,(H,17,18,19). The van der Waals surface area contributed by atoms with Crippen molar-refractivity contribution in [3.05, 3.63) is 30.5 Å². The van der Waals surface area contributed by atoms with E-state index in [0.29, 0.717) is 12.0 Å². The molecule has 1 aromatic heterocycles. The average molecular weight is 284 g/mol. The maximum absolute atomic E-state index is 5.94. The van der Waals surface area contributed by atoms with Gasteiger partial charge in [0, 0.05) is 30.7 Å². The van der Waals surface area contributed by atoms with Gasteiger partial charge in [-0.2, -0.15) is 0 Å². The summed E-state index contributed by atoms with van der Waals surface area (Å²) < 4.78 is 5.94. The van der Waals surface area contributed by atoms with E-state index in [1.165, 1.54) is 19.4 Å². The van der Waals surface area contributed by atoms with E-state index < -0.39 is 0 Å². The van der Waals surface area contributed by atoms with Crippen molar-refractivity contribution in [1.82, 2.24) is 14.9 Å². The zero-order chi connectivity index (χ0) is 14.1. The van der Waals surface area contributed by atoms with Gasteiger partial charge in [0.1, 0.15) is 0 Å². The molecule has 0 bridgehead atoms. The van der Waals surface area contributed by atoms with Crippen molar-refractivity contribution in [1.29, 1.82) is 0 Å². The van der Waals surface area contributed by atoms with Crippen LogP contribution in [0.15, 0.2) is 30.5 Å². The quantitative estimate of drug-likeness (QED) is 0.933. The van der Waals surface area contributed by atoms with Crippen LogP contribution >= 0.6 is 0 Å². The first-order valence-electron chi connectivity index (χ1n) is 7.70. The van der Waals surface area contributed by atoms with Gasteiger partial charge in [-0.3, -0.25) is 4.90 Å². The van der Waals surface area contributed by atoms with E-state index in [1.807, 2.05) is 30.5 Å². The molecule has 1 N–H and O–H groups in total. The number of hydrogen-bond donors (Lipinski definition) is 1. The van der Waals surface area contributed by atoms with Gasteiger partial charge in [-0.25, -0.2) is 9.97 Å². The normalized spacial score (nSPS) is 25.9. The van der Waals surface area contributed by atoms with Crippen LogP contribution in [0.4, 0.5) is 5.95 Å². The number of nitrogens with one attached hydrogen (secondary N) is 1. The predicted octanol–water partition coefficient (Wildman–Crippen LogP) is 1.90. The molecular weight excluding hydrogens is 264 g/mol. The van der Waals surface area contributed by atoms with Crippen LogP contribution in [0.5, 0.6) is 0 Å². The smallest absolute Gasteiger partial charge is 0.223 e. The molecule has 2 aliphatic rings. The lowest BCUT2D eigenvalue weighted by molar-refractivity contribution is -0.0416. The Bertz CT molecular complexity index is 632. The molecule has 110 valence electrons. The summed E-state index contributed by atoms with van der Waals surface area (Å²) in [6, 6.07) is 8.68. The van der Waals surface area contributed by atoms with Gasteiger partial charge in [0.05, 0.1) is 18.2 Å². The van der Waals surface area contributed by atoms with Gasteiger partial charge < -0.3 is 10.1 Å². The number of benzene rings is 1. The maximum atomic E-state index is 5.94. The molecule has 2 saturated heterocycles. The number of ether oxygens (including phenoxy) is 1. The average Bonchev–Trinajstić information content (AvgIpc) is 3.00. The Morgan fingerprint density at radius 3 is 3.29 bits per heavy atom. The molecule has 2 aliphatic heterocycles. The van der Waals surface area contributed by atoms with E-state index in [1.54, 1.807) is 0 Å². The number of rotatable bonds is 3. The molecule has 0 saturated carbocycles. The Morgan fingerprint density at radius 1 is 1.33 bits per heavy atom. The van der Waals surface area contributed by atoms with E-state index in [2.05, 4.69) is 20.2 Å². The number of anilines is 1. The van der Waals surface area contributed by atoms with Crippen molar-refractivity contribution >= 4 is 16.9 Å². The fourth-order valence-corrected chi connectivity index (χ4v) is 3.27. The number of hydrogen-bond acceptors (Lipinski definition) is 5. The van der Waals surface area contributed by atoms with Gasteiger partial charge in [-0.05, 0) is 25.5 Å². The third kappa shape index (κ3) is 2.71. The Balaban J connectivity index is 1.39. The molecular formula is C16H20N4O. The molecule has 2 atom stereocenters. The van der Waals surface area contributed by atoms with E-state index in [4.69, 9.17) is 4.74 Å². The Kier molecular flexibility index (Phi) is 3.45. The van der Waals surface area contributed by atoms with Gasteiger partial charge in [0.2, 0.25) is 5.95 Å². The molecule has 1 aromatic carbocycles.